The zero-order valence-electron chi connectivity index (χ0n) is 9.35. The molecule has 0 aliphatic heterocycles. The number of carbonyl (C=O) groups excluding carboxylic acids is 1. The van der Waals surface area contributed by atoms with E-state index in [-0.39, 0.29) is 5.78 Å². The first-order valence-corrected chi connectivity index (χ1v) is 6.03. The van der Waals surface area contributed by atoms with Crippen LogP contribution in [0.5, 0.6) is 0 Å². The average Bonchev–Trinajstić information content (AvgIpc) is 2.69. The molecule has 0 atom stereocenters. The molecule has 5 heteroatoms. The van der Waals surface area contributed by atoms with E-state index in [0.717, 1.165) is 16.5 Å². The number of aryl methyl sites for hydroxylation is 1. The summed E-state index contributed by atoms with van der Waals surface area (Å²) in [6, 6.07) is 3.60. The first-order chi connectivity index (χ1) is 8.13. The van der Waals surface area contributed by atoms with Crippen molar-refractivity contribution in [3.05, 3.63) is 52.0 Å². The molecule has 2 aromatic heterocycles. The summed E-state index contributed by atoms with van der Waals surface area (Å²) < 4.78 is 2.14. The molecule has 88 valence electrons. The van der Waals surface area contributed by atoms with E-state index in [1.165, 1.54) is 4.68 Å². The number of hydrogen-bond acceptors (Lipinski definition) is 3. The molecule has 0 saturated heterocycles. The van der Waals surface area contributed by atoms with Gasteiger partial charge in [0.2, 0.25) is 5.78 Å². The second-order valence-electron chi connectivity index (χ2n) is 3.67. The van der Waals surface area contributed by atoms with Gasteiger partial charge in [0.15, 0.2) is 0 Å². The van der Waals surface area contributed by atoms with E-state index < -0.39 is 0 Å². The van der Waals surface area contributed by atoms with Crippen LogP contribution in [0.4, 0.5) is 0 Å². The Kier molecular flexibility index (Phi) is 3.28. The highest BCUT2D eigenvalue weighted by molar-refractivity contribution is 9.10. The van der Waals surface area contributed by atoms with Crippen molar-refractivity contribution >= 4 is 21.7 Å². The molecule has 0 aliphatic carbocycles. The van der Waals surface area contributed by atoms with Gasteiger partial charge >= 0.3 is 0 Å². The van der Waals surface area contributed by atoms with Crippen molar-refractivity contribution < 1.29 is 4.79 Å². The van der Waals surface area contributed by atoms with E-state index >= 15 is 0 Å². The van der Waals surface area contributed by atoms with E-state index in [4.69, 9.17) is 5.84 Å². The third-order valence-corrected chi connectivity index (χ3v) is 3.00. The van der Waals surface area contributed by atoms with Gasteiger partial charge in [-0.05, 0) is 40.0 Å². The molecular weight excluding hydrogens is 282 g/mol. The second kappa shape index (κ2) is 4.71. The van der Waals surface area contributed by atoms with E-state index in [1.54, 1.807) is 24.7 Å². The van der Waals surface area contributed by atoms with Gasteiger partial charge in [-0.2, -0.15) is 0 Å². The molecule has 0 unspecified atom stereocenters. The number of nitrogen functional groups attached to an aromatic ring is 1. The number of halogens is 1. The zero-order valence-corrected chi connectivity index (χ0v) is 10.9. The Bertz CT molecular complexity index is 563. The molecule has 0 bridgehead atoms. The first kappa shape index (κ1) is 11.9. The Hall–Kier alpha value is -1.62. The molecule has 2 aromatic rings. The summed E-state index contributed by atoms with van der Waals surface area (Å²) in [7, 11) is 0. The average molecular weight is 294 g/mol. The Morgan fingerprint density at radius 2 is 2.29 bits per heavy atom. The molecule has 0 amide bonds. The molecule has 0 aromatic carbocycles. The van der Waals surface area contributed by atoms with Crippen LogP contribution in [0, 0.1) is 0 Å². The fraction of sp³-hybridized carbons (Fsp3) is 0.167. The highest BCUT2D eigenvalue weighted by Gasteiger charge is 2.17. The van der Waals surface area contributed by atoms with Crippen molar-refractivity contribution in [2.45, 2.75) is 13.3 Å². The van der Waals surface area contributed by atoms with Gasteiger partial charge in [-0.25, -0.2) is 0 Å². The third kappa shape index (κ3) is 2.24. The minimum Gasteiger partial charge on any atom is -0.339 e. The van der Waals surface area contributed by atoms with Gasteiger partial charge in [-0.3, -0.25) is 14.5 Å². The molecule has 4 nitrogen and oxygen atoms in total. The predicted octanol–water partition coefficient (Wildman–Crippen LogP) is 2.15. The van der Waals surface area contributed by atoms with Gasteiger partial charge in [-0.15, -0.1) is 0 Å². The molecule has 0 aliphatic rings. The molecule has 0 fully saturated rings. The van der Waals surface area contributed by atoms with Crippen molar-refractivity contribution in [3.63, 3.8) is 0 Å². The van der Waals surface area contributed by atoms with Crippen LogP contribution in [0.1, 0.15) is 28.5 Å². The smallest absolute Gasteiger partial charge is 0.213 e. The van der Waals surface area contributed by atoms with Crippen LogP contribution in [-0.4, -0.2) is 15.4 Å². The minimum absolute atomic E-state index is 0.108. The van der Waals surface area contributed by atoms with Crippen molar-refractivity contribution in [1.29, 1.82) is 0 Å². The van der Waals surface area contributed by atoms with Crippen LogP contribution in [0.3, 0.4) is 0 Å². The maximum Gasteiger partial charge on any atom is 0.213 e. The van der Waals surface area contributed by atoms with E-state index in [9.17, 15) is 4.79 Å². The lowest BCUT2D eigenvalue weighted by molar-refractivity contribution is 0.103. The number of carbonyl (C=O) groups is 1. The summed E-state index contributed by atoms with van der Waals surface area (Å²) in [6.45, 7) is 1.99. The SMILES string of the molecule is CCc1ccn(N)c1C(=O)c1cncc(Br)c1. The third-order valence-electron chi connectivity index (χ3n) is 2.56. The van der Waals surface area contributed by atoms with Crippen molar-refractivity contribution in [2.24, 2.45) is 0 Å². The molecule has 0 spiro atoms. The molecule has 2 heterocycles. The van der Waals surface area contributed by atoms with Gasteiger partial charge in [0.25, 0.3) is 0 Å². The normalized spacial score (nSPS) is 10.5. The fourth-order valence-corrected chi connectivity index (χ4v) is 2.08. The van der Waals surface area contributed by atoms with Crippen molar-refractivity contribution in [3.8, 4) is 0 Å². The van der Waals surface area contributed by atoms with Crippen molar-refractivity contribution in [2.75, 3.05) is 5.84 Å². The summed E-state index contributed by atoms with van der Waals surface area (Å²) in [4.78, 5) is 16.3. The summed E-state index contributed by atoms with van der Waals surface area (Å²) in [5.74, 6) is 5.65. The maximum absolute atomic E-state index is 12.3. The first-order valence-electron chi connectivity index (χ1n) is 5.24. The lowest BCUT2D eigenvalue weighted by Gasteiger charge is -2.05. The van der Waals surface area contributed by atoms with Crippen LogP contribution in [0.15, 0.2) is 35.2 Å². The Morgan fingerprint density at radius 3 is 2.94 bits per heavy atom. The van der Waals surface area contributed by atoms with Crippen molar-refractivity contribution in [1.82, 2.24) is 9.66 Å². The van der Waals surface area contributed by atoms with E-state index in [2.05, 4.69) is 20.9 Å². The number of nitrogens with two attached hydrogens (primary N) is 1. The summed E-state index contributed by atoms with van der Waals surface area (Å²) >= 11 is 3.30. The second-order valence-corrected chi connectivity index (χ2v) is 4.59. The number of rotatable bonds is 3. The topological polar surface area (TPSA) is 60.9 Å². The number of nitrogens with zero attached hydrogens (tertiary/aromatic N) is 2. The van der Waals surface area contributed by atoms with Gasteiger partial charge in [0.05, 0.1) is 0 Å². The van der Waals surface area contributed by atoms with Crippen LogP contribution in [0.25, 0.3) is 0 Å². The highest BCUT2D eigenvalue weighted by Crippen LogP contribution is 2.17. The summed E-state index contributed by atoms with van der Waals surface area (Å²) in [5.41, 5.74) is 1.99. The van der Waals surface area contributed by atoms with E-state index in [0.29, 0.717) is 11.3 Å². The van der Waals surface area contributed by atoms with Gasteiger partial charge < -0.3 is 5.84 Å². The number of aromatic nitrogens is 2. The van der Waals surface area contributed by atoms with Gasteiger partial charge in [-0.1, -0.05) is 6.92 Å². The minimum atomic E-state index is -0.108. The fourth-order valence-electron chi connectivity index (χ4n) is 1.71. The van der Waals surface area contributed by atoms with Crippen LogP contribution in [0.2, 0.25) is 0 Å². The van der Waals surface area contributed by atoms with E-state index in [1.807, 2.05) is 13.0 Å². The van der Waals surface area contributed by atoms with Crippen LogP contribution < -0.4 is 5.84 Å². The van der Waals surface area contributed by atoms with Gasteiger partial charge in [0, 0.05) is 28.6 Å². The summed E-state index contributed by atoms with van der Waals surface area (Å²) in [5, 5.41) is 0. The maximum atomic E-state index is 12.3. The molecule has 0 radical (unpaired) electrons. The quantitative estimate of drug-likeness (QED) is 0.697. The molecule has 17 heavy (non-hydrogen) atoms. The summed E-state index contributed by atoms with van der Waals surface area (Å²) in [6.07, 6.45) is 5.64. The lowest BCUT2D eigenvalue weighted by atomic mass is 10.1. The monoisotopic (exact) mass is 293 g/mol. The van der Waals surface area contributed by atoms with Gasteiger partial charge in [0.1, 0.15) is 5.69 Å². The molecule has 2 rings (SSSR count). The highest BCUT2D eigenvalue weighted by atomic mass is 79.9. The predicted molar refractivity (Wildman–Crippen MR) is 69.3 cm³/mol. The van der Waals surface area contributed by atoms with Crippen LogP contribution >= 0.6 is 15.9 Å². The molecular formula is C12H12BrN3O. The Balaban J connectivity index is 2.47. The number of hydrogen-bond donors (Lipinski definition) is 1. The zero-order chi connectivity index (χ0) is 12.4. The number of pyridine rings is 1. The number of ketones is 1. The molecule has 2 N–H and O–H groups in total. The van der Waals surface area contributed by atoms with Crippen LogP contribution in [-0.2, 0) is 6.42 Å². The molecule has 0 saturated carbocycles. The Morgan fingerprint density at radius 1 is 1.53 bits per heavy atom. The lowest BCUT2D eigenvalue weighted by Crippen LogP contribution is -2.17. The standard InChI is InChI=1S/C12H12BrN3O/c1-2-8-3-4-16(14)11(8)12(17)9-5-10(13)7-15-6-9/h3-7H,2,14H2,1H3. The Labute approximate surface area is 108 Å². The largest absolute Gasteiger partial charge is 0.339 e.